The van der Waals surface area contributed by atoms with Gasteiger partial charge in [-0.05, 0) is 25.8 Å². The highest BCUT2D eigenvalue weighted by Gasteiger charge is 2.41. The summed E-state index contributed by atoms with van der Waals surface area (Å²) >= 11 is 0. The van der Waals surface area contributed by atoms with Crippen LogP contribution < -0.4 is 11.1 Å². The summed E-state index contributed by atoms with van der Waals surface area (Å²) in [6.45, 7) is 5.83. The van der Waals surface area contributed by atoms with E-state index in [9.17, 15) is 0 Å². The van der Waals surface area contributed by atoms with Gasteiger partial charge in [0.1, 0.15) is 5.84 Å². The van der Waals surface area contributed by atoms with Crippen LogP contribution in [0.2, 0.25) is 0 Å². The first kappa shape index (κ1) is 13.3. The molecule has 0 bridgehead atoms. The first-order chi connectivity index (χ1) is 7.46. The molecule has 16 heavy (non-hydrogen) atoms. The molecule has 0 aliphatic heterocycles. The van der Waals surface area contributed by atoms with Crippen molar-refractivity contribution >= 4 is 5.84 Å². The molecular weight excluding hydrogens is 206 g/mol. The second-order valence-corrected chi connectivity index (χ2v) is 5.45. The average Bonchev–Trinajstić information content (AvgIpc) is 3.04. The predicted molar refractivity (Wildman–Crippen MR) is 63.4 cm³/mol. The van der Waals surface area contributed by atoms with Crippen LogP contribution in [0.15, 0.2) is 5.16 Å². The lowest BCUT2D eigenvalue weighted by Crippen LogP contribution is -2.36. The summed E-state index contributed by atoms with van der Waals surface area (Å²) in [6, 6.07) is 0. The van der Waals surface area contributed by atoms with Gasteiger partial charge in [-0.1, -0.05) is 19.0 Å². The van der Waals surface area contributed by atoms with E-state index >= 15 is 0 Å². The van der Waals surface area contributed by atoms with Crippen LogP contribution in [0.25, 0.3) is 0 Å². The number of rotatable bonds is 7. The Bertz CT molecular complexity index is 260. The maximum Gasteiger partial charge on any atom is 0.144 e. The van der Waals surface area contributed by atoms with Crippen molar-refractivity contribution < 1.29 is 10.3 Å². The smallest absolute Gasteiger partial charge is 0.144 e. The van der Waals surface area contributed by atoms with Gasteiger partial charge in [-0.2, -0.15) is 0 Å². The van der Waals surface area contributed by atoms with Crippen molar-refractivity contribution in [1.82, 2.24) is 5.32 Å². The number of hydrogen-bond acceptors (Lipinski definition) is 4. The summed E-state index contributed by atoms with van der Waals surface area (Å²) in [6.07, 6.45) is 3.03. The molecule has 0 aromatic carbocycles. The van der Waals surface area contributed by atoms with E-state index in [2.05, 4.69) is 10.5 Å². The Morgan fingerprint density at radius 3 is 2.56 bits per heavy atom. The minimum atomic E-state index is -0.294. The fraction of sp³-hybridized carbons (Fsp3) is 0.909. The van der Waals surface area contributed by atoms with Gasteiger partial charge in [0.2, 0.25) is 0 Å². The average molecular weight is 229 g/mol. The molecule has 0 radical (unpaired) electrons. The maximum atomic E-state index is 9.13. The molecule has 5 nitrogen and oxygen atoms in total. The van der Waals surface area contributed by atoms with Gasteiger partial charge in [-0.25, -0.2) is 0 Å². The van der Waals surface area contributed by atoms with Gasteiger partial charge in [0.15, 0.2) is 0 Å². The lowest BCUT2D eigenvalue weighted by Gasteiger charge is -2.23. The minimum Gasteiger partial charge on any atom is -0.409 e. The second kappa shape index (κ2) is 5.01. The van der Waals surface area contributed by atoms with Gasteiger partial charge in [-0.15, -0.1) is 0 Å². The summed E-state index contributed by atoms with van der Waals surface area (Å²) in [7, 11) is 0. The lowest BCUT2D eigenvalue weighted by atomic mass is 9.88. The zero-order valence-corrected chi connectivity index (χ0v) is 10.2. The Kier molecular flexibility index (Phi) is 4.15. The number of hydrogen-bond donors (Lipinski definition) is 4. The summed E-state index contributed by atoms with van der Waals surface area (Å²) in [4.78, 5) is 0. The topological polar surface area (TPSA) is 90.9 Å². The molecule has 5 heteroatoms. The van der Waals surface area contributed by atoms with Crippen molar-refractivity contribution in [3.63, 3.8) is 0 Å². The molecule has 1 saturated carbocycles. The molecular formula is C11H23N3O2. The largest absolute Gasteiger partial charge is 0.409 e. The third-order valence-corrected chi connectivity index (χ3v) is 3.52. The van der Waals surface area contributed by atoms with Crippen molar-refractivity contribution in [2.45, 2.75) is 33.1 Å². The van der Waals surface area contributed by atoms with Gasteiger partial charge >= 0.3 is 0 Å². The molecule has 0 aromatic rings. The number of amidine groups is 1. The number of aliphatic hydroxyl groups is 1. The number of oxime groups is 1. The van der Waals surface area contributed by atoms with Crippen molar-refractivity contribution in [1.29, 1.82) is 0 Å². The number of aliphatic hydroxyl groups excluding tert-OH is 1. The molecule has 0 unspecified atom stereocenters. The normalized spacial score (nSPS) is 19.8. The summed E-state index contributed by atoms with van der Waals surface area (Å²) < 4.78 is 0. The van der Waals surface area contributed by atoms with E-state index in [0.29, 0.717) is 0 Å². The van der Waals surface area contributed by atoms with E-state index in [1.165, 1.54) is 0 Å². The Hall–Kier alpha value is -0.810. The molecule has 0 spiro atoms. The monoisotopic (exact) mass is 229 g/mol. The maximum absolute atomic E-state index is 9.13. The third kappa shape index (κ3) is 3.35. The molecule has 0 atom stereocenters. The lowest BCUT2D eigenvalue weighted by molar-refractivity contribution is 0.207. The van der Waals surface area contributed by atoms with Crippen LogP contribution in [0.1, 0.15) is 33.1 Å². The summed E-state index contributed by atoms with van der Waals surface area (Å²) in [5.41, 5.74) is 5.44. The summed E-state index contributed by atoms with van der Waals surface area (Å²) in [5.74, 6) is 0.262. The van der Waals surface area contributed by atoms with Gasteiger partial charge in [0, 0.05) is 24.0 Å². The predicted octanol–water partition coefficient (Wildman–Crippen LogP) is 0.511. The van der Waals surface area contributed by atoms with E-state index in [0.717, 1.165) is 32.4 Å². The fourth-order valence-electron chi connectivity index (χ4n) is 1.59. The number of nitrogens with zero attached hydrogens (tertiary/aromatic N) is 1. The molecule has 1 fully saturated rings. The Morgan fingerprint density at radius 1 is 1.50 bits per heavy atom. The minimum absolute atomic E-state index is 0.140. The molecule has 5 N–H and O–H groups in total. The molecule has 0 saturated heterocycles. The van der Waals surface area contributed by atoms with E-state index in [1.807, 2.05) is 13.8 Å². The Labute approximate surface area is 96.7 Å². The fourth-order valence-corrected chi connectivity index (χ4v) is 1.59. The Balaban J connectivity index is 2.20. The highest BCUT2D eigenvalue weighted by atomic mass is 16.4. The van der Waals surface area contributed by atoms with E-state index in [4.69, 9.17) is 16.0 Å². The zero-order valence-electron chi connectivity index (χ0n) is 10.2. The first-order valence-corrected chi connectivity index (χ1v) is 5.75. The van der Waals surface area contributed by atoms with Crippen molar-refractivity contribution in [2.24, 2.45) is 21.7 Å². The van der Waals surface area contributed by atoms with Gasteiger partial charge in [0.25, 0.3) is 0 Å². The highest BCUT2D eigenvalue weighted by molar-refractivity contribution is 5.85. The number of nitrogens with one attached hydrogen (secondary N) is 1. The number of nitrogens with two attached hydrogens (primary N) is 1. The van der Waals surface area contributed by atoms with Crippen molar-refractivity contribution in [3.8, 4) is 0 Å². The van der Waals surface area contributed by atoms with Crippen molar-refractivity contribution in [3.05, 3.63) is 0 Å². The van der Waals surface area contributed by atoms with Crippen LogP contribution in [-0.4, -0.2) is 35.8 Å². The molecule has 1 aliphatic rings. The zero-order chi connectivity index (χ0) is 12.2. The van der Waals surface area contributed by atoms with Crippen LogP contribution in [-0.2, 0) is 0 Å². The quantitative estimate of drug-likeness (QED) is 0.168. The van der Waals surface area contributed by atoms with Crippen LogP contribution in [0.3, 0.4) is 0 Å². The standard InChI is InChI=1S/C11H23N3O2/c1-10(2,9(12)14-16)5-6-13-7-11(8-15)3-4-11/h13,15-16H,3-8H2,1-2H3,(H2,12,14). The van der Waals surface area contributed by atoms with E-state index in [-0.39, 0.29) is 23.3 Å². The van der Waals surface area contributed by atoms with Gasteiger partial charge in [-0.3, -0.25) is 0 Å². The van der Waals surface area contributed by atoms with Crippen LogP contribution in [0.5, 0.6) is 0 Å². The van der Waals surface area contributed by atoms with Gasteiger partial charge < -0.3 is 21.4 Å². The molecule has 1 aliphatic carbocycles. The molecule has 1 rings (SSSR count). The highest BCUT2D eigenvalue weighted by Crippen LogP contribution is 2.44. The molecule has 0 amide bonds. The third-order valence-electron chi connectivity index (χ3n) is 3.52. The van der Waals surface area contributed by atoms with E-state index < -0.39 is 0 Å². The van der Waals surface area contributed by atoms with Crippen LogP contribution in [0, 0.1) is 10.8 Å². The van der Waals surface area contributed by atoms with Crippen molar-refractivity contribution in [2.75, 3.05) is 19.7 Å². The van der Waals surface area contributed by atoms with Gasteiger partial charge in [0.05, 0.1) is 0 Å². The SMILES string of the molecule is CC(C)(CCNCC1(CO)CC1)C(N)=NO. The Morgan fingerprint density at radius 2 is 2.12 bits per heavy atom. The van der Waals surface area contributed by atoms with E-state index in [1.54, 1.807) is 0 Å². The molecule has 0 heterocycles. The van der Waals surface area contributed by atoms with Crippen LogP contribution in [0.4, 0.5) is 0 Å². The first-order valence-electron chi connectivity index (χ1n) is 5.75. The van der Waals surface area contributed by atoms with Crippen LogP contribution >= 0.6 is 0 Å². The molecule has 0 aromatic heterocycles. The molecule has 94 valence electrons. The second-order valence-electron chi connectivity index (χ2n) is 5.45. The summed E-state index contributed by atoms with van der Waals surface area (Å²) in [5, 5.41) is 24.1.